The second kappa shape index (κ2) is 7.97. The number of aromatic nitrogens is 1. The number of rotatable bonds is 5. The lowest BCUT2D eigenvalue weighted by atomic mass is 9.97. The van der Waals surface area contributed by atoms with Crippen LogP contribution in [-0.2, 0) is 9.59 Å². The van der Waals surface area contributed by atoms with Gasteiger partial charge in [0.25, 0.3) is 5.91 Å². The van der Waals surface area contributed by atoms with Crippen LogP contribution < -0.4 is 5.32 Å². The van der Waals surface area contributed by atoms with Crippen LogP contribution in [0.5, 0.6) is 5.75 Å². The number of aliphatic carboxylic acids is 1. The molecule has 0 saturated heterocycles. The fourth-order valence-corrected chi connectivity index (χ4v) is 3.63. The van der Waals surface area contributed by atoms with Crippen molar-refractivity contribution in [3.8, 4) is 5.75 Å². The average Bonchev–Trinajstić information content (AvgIpc) is 2.95. The molecule has 0 fully saturated rings. The fraction of sp³-hybridized carbons (Fsp3) is 0.190. The van der Waals surface area contributed by atoms with Gasteiger partial charge >= 0.3 is 5.97 Å². The van der Waals surface area contributed by atoms with Crippen LogP contribution >= 0.6 is 11.6 Å². The Kier molecular flexibility index (Phi) is 5.61. The van der Waals surface area contributed by atoms with E-state index in [1.807, 2.05) is 0 Å². The molecule has 2 aromatic carbocycles. The Bertz CT molecular complexity index is 1140. The molecule has 8 heteroatoms. The zero-order valence-corrected chi connectivity index (χ0v) is 16.5. The van der Waals surface area contributed by atoms with E-state index in [-0.39, 0.29) is 11.7 Å². The minimum absolute atomic E-state index is 0.00995. The average molecular weight is 415 g/mol. The summed E-state index contributed by atoms with van der Waals surface area (Å²) in [5.41, 5.74) is 1.96. The number of nitrogens with zero attached hydrogens (tertiary/aromatic N) is 1. The number of phenols is 1. The van der Waals surface area contributed by atoms with Gasteiger partial charge in [0.15, 0.2) is 0 Å². The first-order valence-corrected chi connectivity index (χ1v) is 9.22. The van der Waals surface area contributed by atoms with E-state index < -0.39 is 24.3 Å². The first-order chi connectivity index (χ1) is 13.7. The van der Waals surface area contributed by atoms with Gasteiger partial charge in [-0.15, -0.1) is 0 Å². The molecule has 0 bridgehead atoms. The molecule has 0 saturated carbocycles. The molecule has 150 valence electrons. The summed E-state index contributed by atoms with van der Waals surface area (Å²) in [7, 11) is 0. The van der Waals surface area contributed by atoms with Crippen molar-refractivity contribution in [3.05, 3.63) is 64.3 Å². The van der Waals surface area contributed by atoms with Gasteiger partial charge in [0, 0.05) is 21.7 Å². The molecule has 0 spiro atoms. The Balaban J connectivity index is 2.15. The van der Waals surface area contributed by atoms with Crippen molar-refractivity contribution in [3.63, 3.8) is 0 Å². The molecule has 0 aliphatic rings. The summed E-state index contributed by atoms with van der Waals surface area (Å²) in [6.45, 7) is 2.82. The van der Waals surface area contributed by atoms with Crippen LogP contribution in [0.4, 0.5) is 0 Å². The number of fused-ring (bicyclic) bond motifs is 1. The maximum Gasteiger partial charge on any atom is 0.322 e. The van der Waals surface area contributed by atoms with Crippen LogP contribution in [0, 0.1) is 6.92 Å². The number of halogens is 1. The Morgan fingerprint density at radius 1 is 1.17 bits per heavy atom. The van der Waals surface area contributed by atoms with Crippen LogP contribution in [-0.4, -0.2) is 39.1 Å². The SMILES string of the molecule is Cc1c([C@@H](C)C(=O)NCC(=O)O)c2cc(O)ccc2n1C(=O)c1cccc(Cl)c1. The van der Waals surface area contributed by atoms with Crippen LogP contribution in [0.2, 0.25) is 5.02 Å². The van der Waals surface area contributed by atoms with Crippen LogP contribution in [0.15, 0.2) is 42.5 Å². The number of amides is 1. The van der Waals surface area contributed by atoms with Gasteiger partial charge < -0.3 is 15.5 Å². The monoisotopic (exact) mass is 414 g/mol. The number of carboxylic acid groups (broad SMARTS) is 1. The smallest absolute Gasteiger partial charge is 0.322 e. The number of phenolic OH excluding ortho intramolecular Hbond substituents is 1. The molecule has 3 aromatic rings. The quantitative estimate of drug-likeness (QED) is 0.593. The van der Waals surface area contributed by atoms with Gasteiger partial charge in [-0.2, -0.15) is 0 Å². The van der Waals surface area contributed by atoms with Crippen molar-refractivity contribution in [1.29, 1.82) is 0 Å². The third-order valence-corrected chi connectivity index (χ3v) is 4.99. The Labute approximate surface area is 171 Å². The molecule has 0 unspecified atom stereocenters. The Morgan fingerprint density at radius 2 is 1.90 bits per heavy atom. The summed E-state index contributed by atoms with van der Waals surface area (Å²) in [6, 6.07) is 11.1. The number of hydrogen-bond donors (Lipinski definition) is 3. The number of carbonyl (C=O) groups is 3. The summed E-state index contributed by atoms with van der Waals surface area (Å²) < 4.78 is 1.47. The Morgan fingerprint density at radius 3 is 2.55 bits per heavy atom. The standard InChI is InChI=1S/C21H19ClN2O5/c1-11(20(28)23-10-18(26)27)19-12(2)24(17-7-6-15(25)9-16(17)19)21(29)13-4-3-5-14(22)8-13/h3-9,11,25H,10H2,1-2H3,(H,23,28)(H,26,27)/t11-/m1/s1. The van der Waals surface area contributed by atoms with Crippen molar-refractivity contribution in [1.82, 2.24) is 9.88 Å². The van der Waals surface area contributed by atoms with Gasteiger partial charge in [-0.1, -0.05) is 17.7 Å². The van der Waals surface area contributed by atoms with Gasteiger partial charge in [-0.3, -0.25) is 19.0 Å². The molecule has 0 aliphatic heterocycles. The first-order valence-electron chi connectivity index (χ1n) is 8.84. The third kappa shape index (κ3) is 3.95. The number of hydrogen-bond acceptors (Lipinski definition) is 4. The lowest BCUT2D eigenvalue weighted by Crippen LogP contribution is -2.32. The van der Waals surface area contributed by atoms with Crippen LogP contribution in [0.1, 0.15) is 34.5 Å². The molecule has 1 atom stereocenters. The molecule has 3 rings (SSSR count). The van der Waals surface area contributed by atoms with Crippen molar-refractivity contribution in [2.75, 3.05) is 6.54 Å². The second-order valence-corrected chi connectivity index (χ2v) is 7.12. The van der Waals surface area contributed by atoms with E-state index in [0.29, 0.717) is 32.7 Å². The van der Waals surface area contributed by atoms with Crippen molar-refractivity contribution in [2.24, 2.45) is 0 Å². The van der Waals surface area contributed by atoms with Gasteiger partial charge in [-0.05, 0) is 55.8 Å². The Hall–Kier alpha value is -3.32. The molecule has 0 aliphatic carbocycles. The zero-order chi connectivity index (χ0) is 21.3. The summed E-state index contributed by atoms with van der Waals surface area (Å²) >= 11 is 6.02. The normalized spacial score (nSPS) is 12.0. The molecular formula is C21H19ClN2O5. The van der Waals surface area contributed by atoms with E-state index in [1.165, 1.54) is 16.7 Å². The molecular weight excluding hydrogens is 396 g/mol. The third-order valence-electron chi connectivity index (χ3n) is 4.75. The largest absolute Gasteiger partial charge is 0.508 e. The predicted octanol–water partition coefficient (Wildman–Crippen LogP) is 3.30. The van der Waals surface area contributed by atoms with E-state index in [4.69, 9.17) is 16.7 Å². The topological polar surface area (TPSA) is 109 Å². The predicted molar refractivity (Wildman–Crippen MR) is 109 cm³/mol. The molecule has 0 radical (unpaired) electrons. The molecule has 29 heavy (non-hydrogen) atoms. The number of nitrogens with one attached hydrogen (secondary N) is 1. The summed E-state index contributed by atoms with van der Waals surface area (Å²) in [4.78, 5) is 36.4. The highest BCUT2D eigenvalue weighted by atomic mass is 35.5. The second-order valence-electron chi connectivity index (χ2n) is 6.68. The van der Waals surface area contributed by atoms with Gasteiger partial charge in [0.2, 0.25) is 5.91 Å². The van der Waals surface area contributed by atoms with Gasteiger partial charge in [0.1, 0.15) is 12.3 Å². The lowest BCUT2D eigenvalue weighted by Gasteiger charge is -2.13. The van der Waals surface area contributed by atoms with E-state index in [2.05, 4.69) is 5.32 Å². The van der Waals surface area contributed by atoms with Crippen LogP contribution in [0.25, 0.3) is 10.9 Å². The summed E-state index contributed by atoms with van der Waals surface area (Å²) in [6.07, 6.45) is 0. The summed E-state index contributed by atoms with van der Waals surface area (Å²) in [5, 5.41) is 22.1. The maximum atomic E-state index is 13.2. The van der Waals surface area contributed by atoms with E-state index in [9.17, 15) is 19.5 Å². The summed E-state index contributed by atoms with van der Waals surface area (Å²) in [5.74, 6) is -2.73. The van der Waals surface area contributed by atoms with Gasteiger partial charge in [-0.25, -0.2) is 0 Å². The van der Waals surface area contributed by atoms with E-state index in [0.717, 1.165) is 0 Å². The number of carbonyl (C=O) groups excluding carboxylic acids is 2. The lowest BCUT2D eigenvalue weighted by molar-refractivity contribution is -0.138. The van der Waals surface area contributed by atoms with E-state index in [1.54, 1.807) is 44.2 Å². The number of benzene rings is 2. The minimum atomic E-state index is -1.15. The van der Waals surface area contributed by atoms with Gasteiger partial charge in [0.05, 0.1) is 11.4 Å². The number of aromatic hydroxyl groups is 1. The highest BCUT2D eigenvalue weighted by Gasteiger charge is 2.27. The number of carboxylic acids is 1. The molecule has 1 aromatic heterocycles. The highest BCUT2D eigenvalue weighted by molar-refractivity contribution is 6.31. The fourth-order valence-electron chi connectivity index (χ4n) is 3.44. The minimum Gasteiger partial charge on any atom is -0.508 e. The van der Waals surface area contributed by atoms with Crippen molar-refractivity contribution >= 4 is 40.3 Å². The van der Waals surface area contributed by atoms with E-state index >= 15 is 0 Å². The molecule has 1 heterocycles. The van der Waals surface area contributed by atoms with Crippen molar-refractivity contribution < 1.29 is 24.6 Å². The molecule has 1 amide bonds. The van der Waals surface area contributed by atoms with Crippen molar-refractivity contribution in [2.45, 2.75) is 19.8 Å². The zero-order valence-electron chi connectivity index (χ0n) is 15.8. The van der Waals surface area contributed by atoms with Crippen LogP contribution in [0.3, 0.4) is 0 Å². The highest BCUT2D eigenvalue weighted by Crippen LogP contribution is 2.34. The molecule has 7 nitrogen and oxygen atoms in total. The molecule has 3 N–H and O–H groups in total. The maximum absolute atomic E-state index is 13.2. The first kappa shape index (κ1) is 20.4.